The van der Waals surface area contributed by atoms with Gasteiger partial charge in [0.25, 0.3) is 0 Å². The van der Waals surface area contributed by atoms with Gasteiger partial charge in [-0.2, -0.15) is 0 Å². The Balaban J connectivity index is 2.16. The maximum absolute atomic E-state index is 12.6. The third-order valence-corrected chi connectivity index (χ3v) is 5.23. The molecule has 0 aliphatic heterocycles. The minimum atomic E-state index is -0.515. The molecular weight excluding hydrogens is 362 g/mol. The van der Waals surface area contributed by atoms with Crippen molar-refractivity contribution in [3.8, 4) is 5.75 Å². The normalized spacial score (nSPS) is 13.1. The SMILES string of the molecule is COc1ccc(SC(=O)[C@H](C)[C@@H](C[N+](=O)[O-])c2ccc(Cl)cc2)cc1. The standard InChI is InChI=1S/C18H18ClNO4S/c1-12(18(21)25-16-9-7-15(24-2)8-10-16)17(11-20(22)23)13-3-5-14(19)6-4-13/h3-10,12,17H,11H2,1-2H3/t12-,17-/m1/s1. The number of methoxy groups -OCH3 is 1. The Hall–Kier alpha value is -2.05. The van der Waals surface area contributed by atoms with E-state index in [9.17, 15) is 14.9 Å². The zero-order valence-electron chi connectivity index (χ0n) is 13.8. The Kier molecular flexibility index (Phi) is 6.84. The fourth-order valence-corrected chi connectivity index (χ4v) is 3.42. The van der Waals surface area contributed by atoms with Gasteiger partial charge in [0.2, 0.25) is 6.54 Å². The number of nitrogens with zero attached hydrogens (tertiary/aromatic N) is 1. The Morgan fingerprint density at radius 3 is 2.32 bits per heavy atom. The van der Waals surface area contributed by atoms with Crippen molar-refractivity contribution in [2.24, 2.45) is 5.92 Å². The van der Waals surface area contributed by atoms with Crippen LogP contribution in [0.25, 0.3) is 0 Å². The number of hydrogen-bond acceptors (Lipinski definition) is 5. The molecule has 2 rings (SSSR count). The largest absolute Gasteiger partial charge is 0.497 e. The van der Waals surface area contributed by atoms with Crippen LogP contribution < -0.4 is 4.74 Å². The summed E-state index contributed by atoms with van der Waals surface area (Å²) in [5.74, 6) is -0.318. The van der Waals surface area contributed by atoms with Gasteiger partial charge in [0.05, 0.1) is 13.0 Å². The molecule has 0 unspecified atom stereocenters. The molecule has 0 amide bonds. The van der Waals surface area contributed by atoms with Gasteiger partial charge in [-0.1, -0.05) is 42.4 Å². The Morgan fingerprint density at radius 1 is 1.20 bits per heavy atom. The second-order valence-electron chi connectivity index (χ2n) is 5.56. The van der Waals surface area contributed by atoms with E-state index in [1.54, 1.807) is 62.6 Å². The monoisotopic (exact) mass is 379 g/mol. The molecule has 0 saturated carbocycles. The molecule has 132 valence electrons. The van der Waals surface area contributed by atoms with E-state index in [2.05, 4.69) is 0 Å². The molecule has 0 aliphatic rings. The first-order chi connectivity index (χ1) is 11.9. The van der Waals surface area contributed by atoms with Crippen LogP contribution in [0.5, 0.6) is 5.75 Å². The van der Waals surface area contributed by atoms with Crippen LogP contribution in [0.3, 0.4) is 0 Å². The summed E-state index contributed by atoms with van der Waals surface area (Å²) in [6.07, 6.45) is 0. The molecule has 0 saturated heterocycles. The van der Waals surface area contributed by atoms with Gasteiger partial charge in [0.1, 0.15) is 5.75 Å². The molecule has 2 atom stereocenters. The minimum Gasteiger partial charge on any atom is -0.497 e. The lowest BCUT2D eigenvalue weighted by Gasteiger charge is -2.20. The number of rotatable bonds is 7. The maximum atomic E-state index is 12.6. The second kappa shape index (κ2) is 8.87. The molecule has 0 N–H and O–H groups in total. The van der Waals surface area contributed by atoms with Crippen LogP contribution in [0, 0.1) is 16.0 Å². The molecule has 0 aliphatic carbocycles. The number of halogens is 1. The number of thioether (sulfide) groups is 1. The average molecular weight is 380 g/mol. The summed E-state index contributed by atoms with van der Waals surface area (Å²) in [6.45, 7) is 1.42. The van der Waals surface area contributed by atoms with Crippen LogP contribution in [-0.2, 0) is 4.79 Å². The molecule has 0 fully saturated rings. The molecule has 0 heterocycles. The zero-order valence-corrected chi connectivity index (χ0v) is 15.4. The van der Waals surface area contributed by atoms with Crippen LogP contribution in [0.4, 0.5) is 0 Å². The summed E-state index contributed by atoms with van der Waals surface area (Å²) < 4.78 is 5.09. The van der Waals surface area contributed by atoms with Crippen molar-refractivity contribution in [2.45, 2.75) is 17.7 Å². The lowest BCUT2D eigenvalue weighted by molar-refractivity contribution is -0.484. The summed E-state index contributed by atoms with van der Waals surface area (Å²) >= 11 is 6.96. The molecule has 5 nitrogen and oxygen atoms in total. The van der Waals surface area contributed by atoms with Crippen LogP contribution >= 0.6 is 23.4 Å². The summed E-state index contributed by atoms with van der Waals surface area (Å²) in [7, 11) is 1.57. The van der Waals surface area contributed by atoms with Gasteiger partial charge in [-0.25, -0.2) is 0 Å². The number of carbonyl (C=O) groups excluding carboxylic acids is 1. The summed E-state index contributed by atoms with van der Waals surface area (Å²) in [5.41, 5.74) is 0.734. The first-order valence-electron chi connectivity index (χ1n) is 7.63. The molecule has 0 bridgehead atoms. The fraction of sp³-hybridized carbons (Fsp3) is 0.278. The van der Waals surface area contributed by atoms with Crippen LogP contribution in [-0.4, -0.2) is 23.7 Å². The second-order valence-corrected chi connectivity index (χ2v) is 7.07. The highest BCUT2D eigenvalue weighted by Gasteiger charge is 2.30. The van der Waals surface area contributed by atoms with Gasteiger partial charge < -0.3 is 4.74 Å². The molecule has 2 aromatic rings. The van der Waals surface area contributed by atoms with E-state index in [4.69, 9.17) is 16.3 Å². The van der Waals surface area contributed by atoms with Crippen LogP contribution in [0.2, 0.25) is 5.02 Å². The number of carbonyl (C=O) groups is 1. The van der Waals surface area contributed by atoms with Crippen molar-refractivity contribution < 1.29 is 14.5 Å². The number of benzene rings is 2. The number of hydrogen-bond donors (Lipinski definition) is 0. The van der Waals surface area contributed by atoms with Gasteiger partial charge in [0, 0.05) is 20.8 Å². The predicted molar refractivity (Wildman–Crippen MR) is 99.1 cm³/mol. The molecule has 0 aromatic heterocycles. The minimum absolute atomic E-state index is 0.119. The average Bonchev–Trinajstić information content (AvgIpc) is 2.60. The number of nitro groups is 1. The van der Waals surface area contributed by atoms with E-state index >= 15 is 0 Å². The summed E-state index contributed by atoms with van der Waals surface area (Å²) in [5, 5.41) is 11.5. The maximum Gasteiger partial charge on any atom is 0.211 e. The van der Waals surface area contributed by atoms with Crippen molar-refractivity contribution in [3.63, 3.8) is 0 Å². The fourth-order valence-electron chi connectivity index (χ4n) is 2.44. The molecule has 7 heteroatoms. The Bertz CT molecular complexity index is 734. The van der Waals surface area contributed by atoms with E-state index in [0.717, 1.165) is 22.2 Å². The van der Waals surface area contributed by atoms with Crippen molar-refractivity contribution in [1.29, 1.82) is 0 Å². The van der Waals surface area contributed by atoms with E-state index in [1.165, 1.54) is 0 Å². The number of ether oxygens (including phenoxy) is 1. The molecule has 25 heavy (non-hydrogen) atoms. The van der Waals surface area contributed by atoms with Crippen molar-refractivity contribution >= 4 is 28.5 Å². The van der Waals surface area contributed by atoms with Gasteiger partial charge in [-0.05, 0) is 42.0 Å². The first-order valence-corrected chi connectivity index (χ1v) is 8.83. The highest BCUT2D eigenvalue weighted by atomic mass is 35.5. The van der Waals surface area contributed by atoms with Gasteiger partial charge in [-0.15, -0.1) is 0 Å². The molecule has 2 aromatic carbocycles. The van der Waals surface area contributed by atoms with Gasteiger partial charge >= 0.3 is 0 Å². The topological polar surface area (TPSA) is 69.4 Å². The van der Waals surface area contributed by atoms with Crippen molar-refractivity contribution in [1.82, 2.24) is 0 Å². The third-order valence-electron chi connectivity index (χ3n) is 3.90. The summed E-state index contributed by atoms with van der Waals surface area (Å²) in [6, 6.07) is 14.0. The lowest BCUT2D eigenvalue weighted by atomic mass is 9.88. The van der Waals surface area contributed by atoms with E-state index in [-0.39, 0.29) is 16.6 Å². The van der Waals surface area contributed by atoms with Crippen molar-refractivity contribution in [3.05, 3.63) is 69.2 Å². The highest BCUT2D eigenvalue weighted by molar-refractivity contribution is 8.13. The van der Waals surface area contributed by atoms with Gasteiger partial charge in [-0.3, -0.25) is 14.9 Å². The summed E-state index contributed by atoms with van der Waals surface area (Å²) in [4.78, 5) is 24.1. The molecule has 0 radical (unpaired) electrons. The van der Waals surface area contributed by atoms with E-state index in [0.29, 0.717) is 10.8 Å². The van der Waals surface area contributed by atoms with E-state index in [1.807, 2.05) is 0 Å². The lowest BCUT2D eigenvalue weighted by Crippen LogP contribution is -2.24. The Labute approximate surface area is 155 Å². The predicted octanol–water partition coefficient (Wildman–Crippen LogP) is 4.66. The van der Waals surface area contributed by atoms with Crippen LogP contribution in [0.1, 0.15) is 18.4 Å². The van der Waals surface area contributed by atoms with Gasteiger partial charge in [0.15, 0.2) is 5.12 Å². The zero-order chi connectivity index (χ0) is 18.4. The first kappa shape index (κ1) is 19.3. The highest BCUT2D eigenvalue weighted by Crippen LogP contribution is 2.33. The van der Waals surface area contributed by atoms with Crippen molar-refractivity contribution in [2.75, 3.05) is 13.7 Å². The molecular formula is C18H18ClNO4S. The van der Waals surface area contributed by atoms with Crippen LogP contribution in [0.15, 0.2) is 53.4 Å². The third kappa shape index (κ3) is 5.47. The molecule has 0 spiro atoms. The Morgan fingerprint density at radius 2 is 1.80 bits per heavy atom. The van der Waals surface area contributed by atoms with E-state index < -0.39 is 11.8 Å². The quantitative estimate of drug-likeness (QED) is 0.397. The smallest absolute Gasteiger partial charge is 0.211 e.